The first-order valence-corrected chi connectivity index (χ1v) is 13.4. The highest BCUT2D eigenvalue weighted by Crippen LogP contribution is 2.41. The van der Waals surface area contributed by atoms with Crippen LogP contribution in [-0.2, 0) is 9.59 Å². The van der Waals surface area contributed by atoms with Crippen molar-refractivity contribution < 1.29 is 14.3 Å². The summed E-state index contributed by atoms with van der Waals surface area (Å²) in [5, 5.41) is 20.0. The summed E-state index contributed by atoms with van der Waals surface area (Å²) in [6.07, 6.45) is 0. The SMILES string of the molecule is COc1ccccc1NC(=O)C1=C(C)NC(SCC(=O)Nc2c(C)cccc2C)=C(C#N)[C@H]1c1ccccc1. The Bertz CT molecular complexity index is 1490. The molecule has 3 aromatic carbocycles. The van der Waals surface area contributed by atoms with E-state index in [0.717, 1.165) is 22.4 Å². The van der Waals surface area contributed by atoms with Crippen LogP contribution in [0.15, 0.2) is 94.7 Å². The fourth-order valence-corrected chi connectivity index (χ4v) is 5.46. The van der Waals surface area contributed by atoms with Crippen LogP contribution in [0.25, 0.3) is 0 Å². The molecule has 0 fully saturated rings. The van der Waals surface area contributed by atoms with Crippen molar-refractivity contribution in [1.82, 2.24) is 5.32 Å². The highest BCUT2D eigenvalue weighted by atomic mass is 32.2. The Hall–Kier alpha value is -4.48. The van der Waals surface area contributed by atoms with Crippen LogP contribution in [0.1, 0.15) is 29.5 Å². The number of nitriles is 1. The molecule has 4 rings (SSSR count). The van der Waals surface area contributed by atoms with Crippen LogP contribution in [0.3, 0.4) is 0 Å². The Morgan fingerprint density at radius 1 is 0.949 bits per heavy atom. The second kappa shape index (κ2) is 12.4. The van der Waals surface area contributed by atoms with Crippen molar-refractivity contribution in [2.45, 2.75) is 26.7 Å². The molecule has 198 valence electrons. The first-order valence-electron chi connectivity index (χ1n) is 12.4. The Balaban J connectivity index is 1.63. The van der Waals surface area contributed by atoms with E-state index in [-0.39, 0.29) is 17.6 Å². The highest BCUT2D eigenvalue weighted by Gasteiger charge is 2.35. The van der Waals surface area contributed by atoms with Gasteiger partial charge in [0.25, 0.3) is 5.91 Å². The van der Waals surface area contributed by atoms with E-state index in [1.54, 1.807) is 26.2 Å². The number of nitrogens with zero attached hydrogens (tertiary/aromatic N) is 1. The van der Waals surface area contributed by atoms with Crippen LogP contribution in [-0.4, -0.2) is 24.7 Å². The van der Waals surface area contributed by atoms with Gasteiger partial charge in [-0.1, -0.05) is 72.4 Å². The second-order valence-electron chi connectivity index (χ2n) is 9.12. The molecule has 0 saturated carbocycles. The minimum Gasteiger partial charge on any atom is -0.495 e. The lowest BCUT2D eigenvalue weighted by molar-refractivity contribution is -0.114. The third-order valence-electron chi connectivity index (χ3n) is 6.47. The van der Waals surface area contributed by atoms with Gasteiger partial charge < -0.3 is 20.7 Å². The first-order chi connectivity index (χ1) is 18.8. The largest absolute Gasteiger partial charge is 0.495 e. The number of allylic oxidation sites excluding steroid dienone is 2. The maximum absolute atomic E-state index is 13.7. The fraction of sp³-hybridized carbons (Fsp3) is 0.194. The van der Waals surface area contributed by atoms with Crippen LogP contribution >= 0.6 is 11.8 Å². The van der Waals surface area contributed by atoms with Crippen LogP contribution < -0.4 is 20.7 Å². The molecule has 0 unspecified atom stereocenters. The number of benzene rings is 3. The van der Waals surface area contributed by atoms with Gasteiger partial charge in [0.2, 0.25) is 5.91 Å². The molecular weight excluding hydrogens is 508 g/mol. The molecule has 7 nitrogen and oxygen atoms in total. The number of anilines is 2. The number of thioether (sulfide) groups is 1. The molecule has 0 saturated heterocycles. The van der Waals surface area contributed by atoms with Gasteiger partial charge in [-0.25, -0.2) is 0 Å². The van der Waals surface area contributed by atoms with Gasteiger partial charge in [0.1, 0.15) is 5.75 Å². The van der Waals surface area contributed by atoms with Crippen LogP contribution in [0.5, 0.6) is 5.75 Å². The summed E-state index contributed by atoms with van der Waals surface area (Å²) in [4.78, 5) is 26.5. The summed E-state index contributed by atoms with van der Waals surface area (Å²) >= 11 is 1.24. The molecular formula is C31H30N4O3S. The number of nitrogens with one attached hydrogen (secondary N) is 3. The third kappa shape index (κ3) is 6.16. The zero-order valence-electron chi connectivity index (χ0n) is 22.3. The number of methoxy groups -OCH3 is 1. The molecule has 0 bridgehead atoms. The van der Waals surface area contributed by atoms with Gasteiger partial charge in [-0.15, -0.1) is 0 Å². The smallest absolute Gasteiger partial charge is 0.254 e. The van der Waals surface area contributed by atoms with Crippen molar-refractivity contribution in [2.24, 2.45) is 0 Å². The molecule has 1 atom stereocenters. The predicted octanol–water partition coefficient (Wildman–Crippen LogP) is 6.02. The molecule has 3 aromatic rings. The standard InChI is InChI=1S/C31H30N4O3S/c1-19-11-10-12-20(2)29(19)35-26(36)18-39-31-23(17-32)28(22-13-6-5-7-14-22)27(21(3)33-31)30(37)34-24-15-8-9-16-25(24)38-4/h5-16,28,33H,18H2,1-4H3,(H,34,37)(H,35,36)/t28-/m1/s1. The monoisotopic (exact) mass is 538 g/mol. The average molecular weight is 539 g/mol. The maximum atomic E-state index is 13.7. The van der Waals surface area contributed by atoms with Crippen LogP contribution in [0.2, 0.25) is 0 Å². The number of carbonyl (C=O) groups is 2. The average Bonchev–Trinajstić information content (AvgIpc) is 2.94. The van der Waals surface area contributed by atoms with Gasteiger partial charge in [-0.05, 0) is 49.6 Å². The van der Waals surface area contributed by atoms with E-state index in [2.05, 4.69) is 22.0 Å². The van der Waals surface area contributed by atoms with Gasteiger partial charge in [-0.3, -0.25) is 9.59 Å². The fourth-order valence-electron chi connectivity index (χ4n) is 4.57. The van der Waals surface area contributed by atoms with Gasteiger partial charge in [0.15, 0.2) is 0 Å². The summed E-state index contributed by atoms with van der Waals surface area (Å²) < 4.78 is 5.39. The van der Waals surface area contributed by atoms with E-state index in [4.69, 9.17) is 4.74 Å². The van der Waals surface area contributed by atoms with Crippen molar-refractivity contribution in [3.63, 3.8) is 0 Å². The number of amides is 2. The lowest BCUT2D eigenvalue weighted by Crippen LogP contribution is -2.31. The van der Waals surface area contributed by atoms with Crippen molar-refractivity contribution >= 4 is 35.0 Å². The van der Waals surface area contributed by atoms with Crippen molar-refractivity contribution in [1.29, 1.82) is 5.26 Å². The highest BCUT2D eigenvalue weighted by molar-refractivity contribution is 8.03. The Morgan fingerprint density at radius 2 is 1.62 bits per heavy atom. The minimum absolute atomic E-state index is 0.0961. The summed E-state index contributed by atoms with van der Waals surface area (Å²) in [6, 6.07) is 24.8. The number of hydrogen-bond donors (Lipinski definition) is 3. The molecule has 2 amide bonds. The molecule has 0 aromatic heterocycles. The molecule has 39 heavy (non-hydrogen) atoms. The van der Waals surface area contributed by atoms with Crippen molar-refractivity contribution in [3.05, 3.63) is 111 Å². The molecule has 8 heteroatoms. The normalized spacial score (nSPS) is 14.8. The number of hydrogen-bond acceptors (Lipinski definition) is 6. The Morgan fingerprint density at radius 3 is 2.28 bits per heavy atom. The number of dihydropyridines is 1. The number of carbonyl (C=O) groups excluding carboxylic acids is 2. The van der Waals surface area contributed by atoms with Gasteiger partial charge >= 0.3 is 0 Å². The molecule has 0 radical (unpaired) electrons. The van der Waals surface area contributed by atoms with E-state index in [0.29, 0.717) is 33.3 Å². The number of ether oxygens (including phenoxy) is 1. The van der Waals surface area contributed by atoms with E-state index < -0.39 is 5.92 Å². The predicted molar refractivity (Wildman–Crippen MR) is 156 cm³/mol. The quantitative estimate of drug-likeness (QED) is 0.324. The zero-order chi connectivity index (χ0) is 27.9. The molecule has 0 aliphatic carbocycles. The van der Waals surface area contributed by atoms with Gasteiger partial charge in [-0.2, -0.15) is 5.26 Å². The van der Waals surface area contributed by atoms with E-state index in [9.17, 15) is 14.9 Å². The Labute approximate surface area is 233 Å². The third-order valence-corrected chi connectivity index (χ3v) is 7.49. The van der Waals surface area contributed by atoms with E-state index in [1.807, 2.05) is 74.5 Å². The molecule has 1 aliphatic rings. The molecule has 0 spiro atoms. The first kappa shape index (κ1) is 27.6. The molecule has 3 N–H and O–H groups in total. The molecule has 1 heterocycles. The topological polar surface area (TPSA) is 103 Å². The lowest BCUT2D eigenvalue weighted by atomic mass is 9.82. The summed E-state index contributed by atoms with van der Waals surface area (Å²) in [6.45, 7) is 5.70. The van der Waals surface area contributed by atoms with Gasteiger partial charge in [0, 0.05) is 17.0 Å². The van der Waals surface area contributed by atoms with Gasteiger partial charge in [0.05, 0.1) is 41.1 Å². The summed E-state index contributed by atoms with van der Waals surface area (Å²) in [5.74, 6) is -0.508. The van der Waals surface area contributed by atoms with Crippen molar-refractivity contribution in [3.8, 4) is 11.8 Å². The lowest BCUT2D eigenvalue weighted by Gasteiger charge is -2.30. The Kier molecular flexibility index (Phi) is 8.74. The van der Waals surface area contributed by atoms with E-state index in [1.165, 1.54) is 11.8 Å². The summed E-state index contributed by atoms with van der Waals surface area (Å²) in [7, 11) is 1.54. The number of para-hydroxylation sites is 3. The van der Waals surface area contributed by atoms with Crippen molar-refractivity contribution in [2.75, 3.05) is 23.5 Å². The number of aryl methyl sites for hydroxylation is 2. The van der Waals surface area contributed by atoms with Crippen LogP contribution in [0.4, 0.5) is 11.4 Å². The van der Waals surface area contributed by atoms with Crippen LogP contribution in [0, 0.1) is 25.2 Å². The second-order valence-corrected chi connectivity index (χ2v) is 10.1. The van der Waals surface area contributed by atoms with E-state index >= 15 is 0 Å². The maximum Gasteiger partial charge on any atom is 0.254 e. The minimum atomic E-state index is -0.615. The molecule has 1 aliphatic heterocycles. The number of rotatable bonds is 8. The zero-order valence-corrected chi connectivity index (χ0v) is 23.1. The summed E-state index contributed by atoms with van der Waals surface area (Å²) in [5.41, 5.74) is 5.50.